The van der Waals surface area contributed by atoms with Crippen molar-refractivity contribution in [3.05, 3.63) is 22.6 Å². The van der Waals surface area contributed by atoms with E-state index in [1.54, 1.807) is 6.07 Å². The van der Waals surface area contributed by atoms with Gasteiger partial charge in [0.25, 0.3) is 0 Å². The lowest BCUT2D eigenvalue weighted by molar-refractivity contribution is -0.151. The first kappa shape index (κ1) is 13.6. The van der Waals surface area contributed by atoms with Gasteiger partial charge in [0.2, 0.25) is 5.91 Å². The molecule has 1 aromatic heterocycles. The highest BCUT2D eigenvalue weighted by molar-refractivity contribution is 9.10. The lowest BCUT2D eigenvalue weighted by atomic mass is 10.0. The Bertz CT molecular complexity index is 527. The van der Waals surface area contributed by atoms with E-state index in [4.69, 9.17) is 4.42 Å². The minimum atomic E-state index is -0.666. The maximum absolute atomic E-state index is 12.1. The van der Waals surface area contributed by atoms with Crippen molar-refractivity contribution >= 4 is 33.7 Å². The molecule has 0 radical (unpaired) electrons. The summed E-state index contributed by atoms with van der Waals surface area (Å²) >= 11 is 3.08. The third kappa shape index (κ3) is 2.95. The molecule has 2 heterocycles. The smallest absolute Gasteiger partial charge is 0.311 e. The molecule has 7 nitrogen and oxygen atoms in total. The summed E-state index contributed by atoms with van der Waals surface area (Å²) in [6.45, 7) is 0.0512. The molecule has 19 heavy (non-hydrogen) atoms. The predicted octanol–water partition coefficient (Wildman–Crippen LogP) is 0.708. The molecule has 8 heteroatoms. The molecule has 1 aliphatic rings. The fourth-order valence-electron chi connectivity index (χ4n) is 1.77. The van der Waals surface area contributed by atoms with Crippen molar-refractivity contribution < 1.29 is 23.5 Å². The number of furan rings is 1. The number of halogens is 1. The Morgan fingerprint density at radius 3 is 2.84 bits per heavy atom. The van der Waals surface area contributed by atoms with Gasteiger partial charge in [0.05, 0.1) is 19.6 Å². The van der Waals surface area contributed by atoms with E-state index in [1.165, 1.54) is 13.2 Å². The largest absolute Gasteiger partial charge is 0.469 e. The molecule has 1 fully saturated rings. The van der Waals surface area contributed by atoms with Gasteiger partial charge in [-0.3, -0.25) is 19.8 Å². The summed E-state index contributed by atoms with van der Waals surface area (Å²) in [6, 6.07) is 3.04. The zero-order valence-electron chi connectivity index (χ0n) is 10.0. The molecule has 2 rings (SSSR count). The van der Waals surface area contributed by atoms with Crippen LogP contribution < -0.4 is 5.43 Å². The van der Waals surface area contributed by atoms with Crippen LogP contribution in [0, 0.1) is 5.92 Å². The summed E-state index contributed by atoms with van der Waals surface area (Å²) in [4.78, 5) is 35.0. The van der Waals surface area contributed by atoms with Crippen LogP contribution in [0.4, 0.5) is 0 Å². The van der Waals surface area contributed by atoms with Gasteiger partial charge in [-0.2, -0.15) is 0 Å². The van der Waals surface area contributed by atoms with Crippen molar-refractivity contribution in [2.45, 2.75) is 6.42 Å². The van der Waals surface area contributed by atoms with Gasteiger partial charge >= 0.3 is 11.9 Å². The molecule has 0 spiro atoms. The minimum absolute atomic E-state index is 0.00168. The van der Waals surface area contributed by atoms with Gasteiger partial charge in [-0.05, 0) is 28.1 Å². The van der Waals surface area contributed by atoms with E-state index in [0.29, 0.717) is 4.67 Å². The van der Waals surface area contributed by atoms with Gasteiger partial charge in [0.15, 0.2) is 10.4 Å². The number of hydrogen-bond donors (Lipinski definition) is 1. The number of hydrazine groups is 1. The molecule has 0 aliphatic carbocycles. The molecule has 1 saturated heterocycles. The Morgan fingerprint density at radius 2 is 2.26 bits per heavy atom. The zero-order valence-corrected chi connectivity index (χ0v) is 11.6. The second kappa shape index (κ2) is 5.43. The van der Waals surface area contributed by atoms with E-state index < -0.39 is 23.7 Å². The summed E-state index contributed by atoms with van der Waals surface area (Å²) in [7, 11) is 1.24. The van der Waals surface area contributed by atoms with E-state index in [9.17, 15) is 14.4 Å². The predicted molar refractivity (Wildman–Crippen MR) is 65.7 cm³/mol. The normalized spacial score (nSPS) is 18.9. The number of rotatable bonds is 2. The number of esters is 1. The third-order valence-electron chi connectivity index (χ3n) is 2.66. The lowest BCUT2D eigenvalue weighted by Crippen LogP contribution is -2.54. The number of amides is 2. The van der Waals surface area contributed by atoms with Crippen molar-refractivity contribution in [3.8, 4) is 0 Å². The van der Waals surface area contributed by atoms with E-state index in [0.717, 1.165) is 5.01 Å². The number of nitrogens with zero attached hydrogens (tertiary/aromatic N) is 1. The molecular formula is C11H11BrN2O5. The van der Waals surface area contributed by atoms with E-state index in [1.807, 2.05) is 0 Å². The minimum Gasteiger partial charge on any atom is -0.469 e. The first-order valence-electron chi connectivity index (χ1n) is 5.45. The van der Waals surface area contributed by atoms with Gasteiger partial charge in [0, 0.05) is 6.42 Å². The average molecular weight is 331 g/mol. The SMILES string of the molecule is COC(=O)C1CC(=O)NN(C(=O)c2ccc(Br)o2)C1. The van der Waals surface area contributed by atoms with Crippen LogP contribution in [0.1, 0.15) is 17.0 Å². The first-order chi connectivity index (χ1) is 9.01. The van der Waals surface area contributed by atoms with Crippen molar-refractivity contribution in [2.75, 3.05) is 13.7 Å². The molecule has 1 aromatic rings. The average Bonchev–Trinajstić information content (AvgIpc) is 2.82. The highest BCUT2D eigenvalue weighted by atomic mass is 79.9. The van der Waals surface area contributed by atoms with E-state index in [-0.39, 0.29) is 18.7 Å². The summed E-state index contributed by atoms with van der Waals surface area (Å²) in [5, 5.41) is 1.05. The number of carbonyl (C=O) groups excluding carboxylic acids is 3. The Kier molecular flexibility index (Phi) is 3.89. The zero-order chi connectivity index (χ0) is 14.0. The van der Waals surface area contributed by atoms with Gasteiger partial charge in [-0.25, -0.2) is 5.01 Å². The van der Waals surface area contributed by atoms with Crippen molar-refractivity contribution in [1.82, 2.24) is 10.4 Å². The Labute approximate surface area is 117 Å². The van der Waals surface area contributed by atoms with Crippen LogP contribution in [0.3, 0.4) is 0 Å². The Hall–Kier alpha value is -1.83. The topological polar surface area (TPSA) is 88.9 Å². The fourth-order valence-corrected chi connectivity index (χ4v) is 2.08. The first-order valence-corrected chi connectivity index (χ1v) is 6.25. The van der Waals surface area contributed by atoms with Gasteiger partial charge in [0.1, 0.15) is 0 Å². The number of carbonyl (C=O) groups is 3. The van der Waals surface area contributed by atoms with E-state index >= 15 is 0 Å². The summed E-state index contributed by atoms with van der Waals surface area (Å²) in [5.74, 6) is -2.06. The summed E-state index contributed by atoms with van der Waals surface area (Å²) in [5.41, 5.74) is 2.39. The third-order valence-corrected chi connectivity index (χ3v) is 3.08. The molecule has 0 saturated carbocycles. The van der Waals surface area contributed by atoms with E-state index in [2.05, 4.69) is 26.1 Å². The van der Waals surface area contributed by atoms with Gasteiger partial charge in [-0.1, -0.05) is 0 Å². The molecule has 1 unspecified atom stereocenters. The number of nitrogens with one attached hydrogen (secondary N) is 1. The van der Waals surface area contributed by atoms with Crippen LogP contribution >= 0.6 is 15.9 Å². The highest BCUT2D eigenvalue weighted by Crippen LogP contribution is 2.18. The standard InChI is InChI=1S/C11H11BrN2O5/c1-18-11(17)6-4-9(15)13-14(5-6)10(16)7-2-3-8(12)19-7/h2-3,6H,4-5H2,1H3,(H,13,15). The molecule has 0 bridgehead atoms. The summed E-state index contributed by atoms with van der Waals surface area (Å²) in [6.07, 6.45) is -0.00168. The quantitative estimate of drug-likeness (QED) is 0.806. The molecule has 2 amide bonds. The number of ether oxygens (including phenoxy) is 1. The van der Waals surface area contributed by atoms with Crippen molar-refractivity contribution in [3.63, 3.8) is 0 Å². The van der Waals surface area contributed by atoms with Crippen molar-refractivity contribution in [2.24, 2.45) is 5.92 Å². The second-order valence-corrected chi connectivity index (χ2v) is 4.76. The van der Waals surface area contributed by atoms with Gasteiger partial charge < -0.3 is 9.15 Å². The second-order valence-electron chi connectivity index (χ2n) is 3.98. The molecule has 0 aromatic carbocycles. The molecule has 102 valence electrons. The molecule has 1 aliphatic heterocycles. The Balaban J connectivity index is 2.13. The monoisotopic (exact) mass is 330 g/mol. The van der Waals surface area contributed by atoms with Crippen LogP contribution in [0.5, 0.6) is 0 Å². The maximum atomic E-state index is 12.1. The summed E-state index contributed by atoms with van der Waals surface area (Å²) < 4.78 is 10.1. The van der Waals surface area contributed by atoms with Crippen molar-refractivity contribution in [1.29, 1.82) is 0 Å². The lowest BCUT2D eigenvalue weighted by Gasteiger charge is -2.30. The molecule has 1 atom stereocenters. The van der Waals surface area contributed by atoms with Crippen LogP contribution in [-0.2, 0) is 14.3 Å². The fraction of sp³-hybridized carbons (Fsp3) is 0.364. The van der Waals surface area contributed by atoms with Crippen LogP contribution in [0.2, 0.25) is 0 Å². The number of methoxy groups -OCH3 is 1. The van der Waals surface area contributed by atoms with Crippen LogP contribution in [-0.4, -0.2) is 36.4 Å². The maximum Gasteiger partial charge on any atom is 0.311 e. The van der Waals surface area contributed by atoms with Gasteiger partial charge in [-0.15, -0.1) is 0 Å². The highest BCUT2D eigenvalue weighted by Gasteiger charge is 2.34. The molecule has 1 N–H and O–H groups in total. The van der Waals surface area contributed by atoms with Crippen LogP contribution in [0.15, 0.2) is 21.2 Å². The Morgan fingerprint density at radius 1 is 1.53 bits per heavy atom. The van der Waals surface area contributed by atoms with Crippen LogP contribution in [0.25, 0.3) is 0 Å². The number of hydrogen-bond acceptors (Lipinski definition) is 5. The molecular weight excluding hydrogens is 320 g/mol.